The van der Waals surface area contributed by atoms with Gasteiger partial charge in [-0.1, -0.05) is 11.6 Å². The number of nitrogens with zero attached hydrogens (tertiary/aromatic N) is 1. The molecule has 0 bridgehead atoms. The maximum Gasteiger partial charge on any atom is 0.251 e. The topological polar surface area (TPSA) is 21.6 Å². The lowest BCUT2D eigenvalue weighted by Crippen LogP contribution is -2.03. The van der Waals surface area contributed by atoms with Crippen molar-refractivity contribution in [2.24, 2.45) is 10.9 Å². The third-order valence-corrected chi connectivity index (χ3v) is 3.23. The molecule has 7 heteroatoms. The van der Waals surface area contributed by atoms with Crippen LogP contribution in [0.15, 0.2) is 17.1 Å². The molecule has 1 fully saturated rings. The SMILES string of the molecule is Fc1cc(Cl)c(OCCC2CC2(F)F)cc1N=C=S. The van der Waals surface area contributed by atoms with Crippen LogP contribution in [0.3, 0.4) is 0 Å². The van der Waals surface area contributed by atoms with Gasteiger partial charge in [0, 0.05) is 18.4 Å². The smallest absolute Gasteiger partial charge is 0.251 e. The second-order valence-electron chi connectivity index (χ2n) is 4.24. The molecule has 102 valence electrons. The Bertz CT molecular complexity index is 546. The van der Waals surface area contributed by atoms with Gasteiger partial charge in [0.2, 0.25) is 0 Å². The maximum absolute atomic E-state index is 13.4. The van der Waals surface area contributed by atoms with Gasteiger partial charge in [0.25, 0.3) is 5.92 Å². The fourth-order valence-electron chi connectivity index (χ4n) is 1.66. The van der Waals surface area contributed by atoms with E-state index in [1.54, 1.807) is 0 Å². The molecule has 0 spiro atoms. The number of ether oxygens (including phenoxy) is 1. The molecule has 1 aromatic carbocycles. The number of aliphatic imine (C=N–C) groups is 1. The third kappa shape index (κ3) is 3.47. The summed E-state index contributed by atoms with van der Waals surface area (Å²) in [5.41, 5.74) is -0.0499. The van der Waals surface area contributed by atoms with Crippen LogP contribution < -0.4 is 4.74 Å². The number of halogens is 4. The summed E-state index contributed by atoms with van der Waals surface area (Å²) in [5.74, 6) is -3.66. The zero-order valence-electron chi connectivity index (χ0n) is 9.63. The van der Waals surface area contributed by atoms with Gasteiger partial charge >= 0.3 is 0 Å². The summed E-state index contributed by atoms with van der Waals surface area (Å²) in [5, 5.41) is 2.10. The van der Waals surface area contributed by atoms with E-state index in [4.69, 9.17) is 16.3 Å². The van der Waals surface area contributed by atoms with Crippen molar-refractivity contribution in [3.63, 3.8) is 0 Å². The average Bonchev–Trinajstić information content (AvgIpc) is 2.93. The molecule has 0 saturated heterocycles. The molecule has 1 atom stereocenters. The molecular weight excluding hydrogens is 299 g/mol. The Balaban J connectivity index is 1.99. The molecule has 2 rings (SSSR count). The summed E-state index contributed by atoms with van der Waals surface area (Å²) in [6, 6.07) is 2.30. The number of thiocarbonyl (C=S) groups is 1. The van der Waals surface area contributed by atoms with E-state index in [2.05, 4.69) is 17.2 Å². The highest BCUT2D eigenvalue weighted by Gasteiger charge is 2.56. The van der Waals surface area contributed by atoms with Gasteiger partial charge in [-0.05, 0) is 24.7 Å². The van der Waals surface area contributed by atoms with Crippen LogP contribution in [0.5, 0.6) is 5.75 Å². The fraction of sp³-hybridized carbons (Fsp3) is 0.417. The minimum atomic E-state index is -2.57. The van der Waals surface area contributed by atoms with Crippen molar-refractivity contribution in [1.29, 1.82) is 0 Å². The van der Waals surface area contributed by atoms with Crippen LogP contribution in [-0.2, 0) is 0 Å². The zero-order chi connectivity index (χ0) is 14.0. The van der Waals surface area contributed by atoms with E-state index < -0.39 is 17.7 Å². The standard InChI is InChI=1S/C12H9ClF3NOS/c13-8-3-9(14)10(17-6-19)4-11(8)18-2-1-7-5-12(7,15)16/h3-4,7H,1-2,5H2. The van der Waals surface area contributed by atoms with Crippen LogP contribution in [0.4, 0.5) is 18.9 Å². The maximum atomic E-state index is 13.4. The summed E-state index contributed by atoms with van der Waals surface area (Å²) < 4.78 is 43.9. The molecule has 1 saturated carbocycles. The molecule has 0 radical (unpaired) electrons. The van der Waals surface area contributed by atoms with Gasteiger partial charge in [-0.15, -0.1) is 0 Å². The number of benzene rings is 1. The highest BCUT2D eigenvalue weighted by Crippen LogP contribution is 2.50. The van der Waals surface area contributed by atoms with Crippen molar-refractivity contribution in [3.05, 3.63) is 23.0 Å². The Labute approximate surface area is 118 Å². The van der Waals surface area contributed by atoms with Crippen molar-refractivity contribution in [2.75, 3.05) is 6.61 Å². The number of alkyl halides is 2. The summed E-state index contributed by atoms with van der Waals surface area (Å²) in [4.78, 5) is 3.52. The van der Waals surface area contributed by atoms with Crippen LogP contribution in [0.2, 0.25) is 5.02 Å². The normalized spacial score (nSPS) is 19.7. The monoisotopic (exact) mass is 307 g/mol. The van der Waals surface area contributed by atoms with Gasteiger partial charge in [-0.3, -0.25) is 0 Å². The van der Waals surface area contributed by atoms with Crippen molar-refractivity contribution >= 4 is 34.7 Å². The molecule has 0 aromatic heterocycles. The zero-order valence-corrected chi connectivity index (χ0v) is 11.2. The minimum Gasteiger partial charge on any atom is -0.492 e. The molecule has 2 nitrogen and oxygen atoms in total. The number of hydrogen-bond donors (Lipinski definition) is 0. The Morgan fingerprint density at radius 1 is 1.53 bits per heavy atom. The van der Waals surface area contributed by atoms with Gasteiger partial charge < -0.3 is 4.74 Å². The summed E-state index contributed by atoms with van der Waals surface area (Å²) in [6.45, 7) is 0.0896. The molecular formula is C12H9ClF3NOS. The fourth-order valence-corrected chi connectivity index (χ4v) is 1.96. The molecule has 0 heterocycles. The molecule has 0 aliphatic heterocycles. The summed E-state index contributed by atoms with van der Waals surface area (Å²) in [7, 11) is 0. The lowest BCUT2D eigenvalue weighted by atomic mass is 10.3. The van der Waals surface area contributed by atoms with Gasteiger partial charge in [-0.25, -0.2) is 13.2 Å². The Hall–Kier alpha value is -1.10. The first kappa shape index (κ1) is 14.3. The van der Waals surface area contributed by atoms with E-state index in [-0.39, 0.29) is 35.9 Å². The quantitative estimate of drug-likeness (QED) is 0.584. The van der Waals surface area contributed by atoms with Gasteiger partial charge in [0.05, 0.1) is 16.8 Å². The van der Waals surface area contributed by atoms with E-state index in [1.165, 1.54) is 6.07 Å². The van der Waals surface area contributed by atoms with E-state index in [0.29, 0.717) is 0 Å². The van der Waals surface area contributed by atoms with Gasteiger partial charge in [0.15, 0.2) is 5.82 Å². The van der Waals surface area contributed by atoms with E-state index >= 15 is 0 Å². The van der Waals surface area contributed by atoms with Gasteiger partial charge in [0.1, 0.15) is 11.4 Å². The second-order valence-corrected chi connectivity index (χ2v) is 4.83. The van der Waals surface area contributed by atoms with Crippen molar-refractivity contribution in [2.45, 2.75) is 18.8 Å². The Morgan fingerprint density at radius 2 is 2.21 bits per heavy atom. The van der Waals surface area contributed by atoms with E-state index in [0.717, 1.165) is 6.07 Å². The Kier molecular flexibility index (Phi) is 4.13. The van der Waals surface area contributed by atoms with Crippen molar-refractivity contribution < 1.29 is 17.9 Å². The lowest BCUT2D eigenvalue weighted by Gasteiger charge is -2.08. The van der Waals surface area contributed by atoms with E-state index in [1.807, 2.05) is 5.16 Å². The predicted octanol–water partition coefficient (Wildman–Crippen LogP) is 4.64. The molecule has 0 amide bonds. The van der Waals surface area contributed by atoms with Crippen molar-refractivity contribution in [3.8, 4) is 5.75 Å². The van der Waals surface area contributed by atoms with Crippen molar-refractivity contribution in [1.82, 2.24) is 0 Å². The molecule has 1 unspecified atom stereocenters. The largest absolute Gasteiger partial charge is 0.492 e. The first-order valence-electron chi connectivity index (χ1n) is 5.51. The average molecular weight is 308 g/mol. The molecule has 0 N–H and O–H groups in total. The highest BCUT2D eigenvalue weighted by molar-refractivity contribution is 7.78. The number of rotatable bonds is 5. The van der Waals surface area contributed by atoms with Crippen LogP contribution in [0, 0.1) is 11.7 Å². The molecule has 1 aliphatic carbocycles. The molecule has 19 heavy (non-hydrogen) atoms. The first-order chi connectivity index (χ1) is 8.94. The third-order valence-electron chi connectivity index (χ3n) is 2.85. The predicted molar refractivity (Wildman–Crippen MR) is 69.3 cm³/mol. The molecule has 1 aromatic rings. The van der Waals surface area contributed by atoms with E-state index in [9.17, 15) is 13.2 Å². The highest BCUT2D eigenvalue weighted by atomic mass is 35.5. The summed E-state index contributed by atoms with van der Waals surface area (Å²) in [6.07, 6.45) is 0.125. The van der Waals surface area contributed by atoms with Crippen LogP contribution >= 0.6 is 23.8 Å². The minimum absolute atomic E-state index is 0.0499. The number of isothiocyanates is 1. The first-order valence-corrected chi connectivity index (χ1v) is 6.30. The number of hydrogen-bond acceptors (Lipinski definition) is 3. The second kappa shape index (κ2) is 5.49. The Morgan fingerprint density at radius 3 is 2.79 bits per heavy atom. The van der Waals surface area contributed by atoms with Gasteiger partial charge in [-0.2, -0.15) is 4.99 Å². The van der Waals surface area contributed by atoms with Crippen LogP contribution in [0.25, 0.3) is 0 Å². The van der Waals surface area contributed by atoms with Crippen LogP contribution in [-0.4, -0.2) is 17.7 Å². The molecule has 1 aliphatic rings. The summed E-state index contributed by atoms with van der Waals surface area (Å²) >= 11 is 10.2. The van der Waals surface area contributed by atoms with Crippen LogP contribution in [0.1, 0.15) is 12.8 Å². The lowest BCUT2D eigenvalue weighted by molar-refractivity contribution is 0.0930.